The second kappa shape index (κ2) is 5.51. The van der Waals surface area contributed by atoms with Gasteiger partial charge in [-0.25, -0.2) is 0 Å². The zero-order valence-corrected chi connectivity index (χ0v) is 14.6. The fraction of sp³-hybridized carbons (Fsp3) is 0.357. The summed E-state index contributed by atoms with van der Waals surface area (Å²) in [5, 5.41) is 0. The number of nitrogens with zero attached hydrogens (tertiary/aromatic N) is 6. The first-order valence-corrected chi connectivity index (χ1v) is 9.57. The quantitative estimate of drug-likeness (QED) is 0.629. The summed E-state index contributed by atoms with van der Waals surface area (Å²) >= 11 is -0.762. The fourth-order valence-electron chi connectivity index (χ4n) is 2.29. The van der Waals surface area contributed by atoms with Crippen LogP contribution in [0.1, 0.15) is 24.5 Å². The van der Waals surface area contributed by atoms with Gasteiger partial charge in [-0.3, -0.25) is 0 Å². The van der Waals surface area contributed by atoms with Crippen molar-refractivity contribution in [3.63, 3.8) is 0 Å². The van der Waals surface area contributed by atoms with Gasteiger partial charge in [-0.05, 0) is 0 Å². The number of fused-ring (bicyclic) bond motifs is 1. The third kappa shape index (κ3) is 2.88. The average molecular weight is 396 g/mol. The van der Waals surface area contributed by atoms with Gasteiger partial charge in [-0.2, -0.15) is 0 Å². The summed E-state index contributed by atoms with van der Waals surface area (Å²) in [6.07, 6.45) is 0.546. The van der Waals surface area contributed by atoms with Crippen LogP contribution in [0.2, 0.25) is 4.71 Å². The van der Waals surface area contributed by atoms with Gasteiger partial charge in [0.1, 0.15) is 0 Å². The normalized spacial score (nSPS) is 15.7. The number of alkyl halides is 3. The van der Waals surface area contributed by atoms with Crippen molar-refractivity contribution < 1.29 is 13.2 Å². The molecule has 3 aromatic rings. The number of halogens is 3. The van der Waals surface area contributed by atoms with Crippen LogP contribution in [-0.2, 0) is 6.18 Å². The topological polar surface area (TPSA) is 69.4 Å². The molecule has 0 saturated heterocycles. The van der Waals surface area contributed by atoms with E-state index in [1.807, 2.05) is 0 Å². The Balaban J connectivity index is 1.93. The Bertz CT molecular complexity index is 919. The van der Waals surface area contributed by atoms with Crippen molar-refractivity contribution in [3.05, 3.63) is 30.2 Å². The van der Waals surface area contributed by atoms with Crippen LogP contribution in [0.15, 0.2) is 18.6 Å². The molecule has 0 aromatic carbocycles. The average Bonchev–Trinajstić information content (AvgIpc) is 3.22. The van der Waals surface area contributed by atoms with E-state index in [9.17, 15) is 13.2 Å². The van der Waals surface area contributed by atoms with Crippen LogP contribution in [-0.4, -0.2) is 45.2 Å². The summed E-state index contributed by atoms with van der Waals surface area (Å²) < 4.78 is 42.0. The number of hydrogen-bond donors (Lipinski definition) is 0. The minimum absolute atomic E-state index is 0.148. The molecule has 0 aliphatic heterocycles. The molecule has 124 valence electrons. The number of aryl methyl sites for hydroxylation is 1. The molecule has 24 heavy (non-hydrogen) atoms. The molecule has 0 amide bonds. The van der Waals surface area contributed by atoms with E-state index in [0.717, 1.165) is 12.8 Å². The van der Waals surface area contributed by atoms with Crippen LogP contribution in [0, 0.1) is 6.92 Å². The number of rotatable bonds is 3. The van der Waals surface area contributed by atoms with E-state index >= 15 is 0 Å². The minimum atomic E-state index is -4.59. The molecule has 0 radical (unpaired) electrons. The van der Waals surface area contributed by atoms with Gasteiger partial charge in [0.15, 0.2) is 0 Å². The van der Waals surface area contributed by atoms with E-state index in [-0.39, 0.29) is 5.65 Å². The zero-order valence-electron chi connectivity index (χ0n) is 12.5. The monoisotopic (exact) mass is 396 g/mol. The first-order chi connectivity index (χ1) is 11.4. The molecular formula is C14H12AsF3N6. The number of imidazole rings is 1. The molecule has 3 aromatic heterocycles. The van der Waals surface area contributed by atoms with Crippen LogP contribution >= 0.6 is 0 Å². The van der Waals surface area contributed by atoms with Crippen molar-refractivity contribution >= 4 is 31.4 Å². The van der Waals surface area contributed by atoms with Crippen LogP contribution in [0.4, 0.5) is 13.2 Å². The Morgan fingerprint density at radius 1 is 1.17 bits per heavy atom. The maximum absolute atomic E-state index is 13.2. The van der Waals surface area contributed by atoms with E-state index in [2.05, 4.69) is 24.9 Å². The van der Waals surface area contributed by atoms with Crippen molar-refractivity contribution in [2.45, 2.75) is 30.6 Å². The third-order valence-electron chi connectivity index (χ3n) is 3.58. The molecule has 4 rings (SSSR count). The molecule has 6 nitrogen and oxygen atoms in total. The molecule has 0 bridgehead atoms. The Kier molecular flexibility index (Phi) is 3.56. The van der Waals surface area contributed by atoms with Crippen molar-refractivity contribution in [3.8, 4) is 5.82 Å². The van der Waals surface area contributed by atoms with E-state index < -0.39 is 27.8 Å². The molecule has 0 spiro atoms. The molecule has 3 heterocycles. The number of aromatic nitrogens is 6. The predicted molar refractivity (Wildman–Crippen MR) is 81.8 cm³/mol. The van der Waals surface area contributed by atoms with Crippen molar-refractivity contribution in [1.82, 2.24) is 29.5 Å². The van der Waals surface area contributed by atoms with Crippen molar-refractivity contribution in [2.75, 3.05) is 0 Å². The van der Waals surface area contributed by atoms with E-state index in [4.69, 9.17) is 0 Å². The van der Waals surface area contributed by atoms with Crippen molar-refractivity contribution in [1.29, 1.82) is 0 Å². The molecule has 0 N–H and O–H groups in total. The van der Waals surface area contributed by atoms with Gasteiger partial charge in [0.25, 0.3) is 0 Å². The van der Waals surface area contributed by atoms with Gasteiger partial charge in [0.05, 0.1) is 0 Å². The Labute approximate surface area is 141 Å². The van der Waals surface area contributed by atoms with Crippen LogP contribution in [0.3, 0.4) is 0 Å². The van der Waals surface area contributed by atoms with Gasteiger partial charge in [-0.1, -0.05) is 0 Å². The van der Waals surface area contributed by atoms with E-state index in [1.165, 1.54) is 10.9 Å². The summed E-state index contributed by atoms with van der Waals surface area (Å²) in [4.78, 5) is 20.0. The molecule has 1 unspecified atom stereocenters. The maximum atomic E-state index is 13.2. The van der Waals surface area contributed by atoms with E-state index in [1.54, 1.807) is 19.2 Å². The first-order valence-electron chi connectivity index (χ1n) is 7.30. The van der Waals surface area contributed by atoms with Gasteiger partial charge >= 0.3 is 141 Å². The molecular weight excluding hydrogens is 384 g/mol. The Hall–Kier alpha value is -2.02. The predicted octanol–water partition coefficient (Wildman–Crippen LogP) is 1.58. The Morgan fingerprint density at radius 2 is 1.96 bits per heavy atom. The van der Waals surface area contributed by atoms with Crippen LogP contribution in [0.5, 0.6) is 0 Å². The molecule has 1 aliphatic carbocycles. The second-order valence-corrected chi connectivity index (χ2v) is 8.87. The van der Waals surface area contributed by atoms with Gasteiger partial charge in [0, 0.05) is 0 Å². The molecule has 1 aliphatic rings. The summed E-state index contributed by atoms with van der Waals surface area (Å²) in [6.45, 7) is 1.71. The van der Waals surface area contributed by atoms with Crippen LogP contribution < -0.4 is 4.48 Å². The summed E-state index contributed by atoms with van der Waals surface area (Å²) in [7, 11) is 0. The van der Waals surface area contributed by atoms with Gasteiger partial charge in [-0.15, -0.1) is 0 Å². The van der Waals surface area contributed by atoms with E-state index in [0.29, 0.717) is 26.3 Å². The van der Waals surface area contributed by atoms with Gasteiger partial charge in [0.2, 0.25) is 0 Å². The molecule has 1 saturated carbocycles. The summed E-state index contributed by atoms with van der Waals surface area (Å²) in [6, 6.07) is 1.61. The molecule has 1 atom stereocenters. The zero-order chi connectivity index (χ0) is 16.9. The summed E-state index contributed by atoms with van der Waals surface area (Å²) in [5.74, 6) is -0.151. The van der Waals surface area contributed by atoms with Gasteiger partial charge < -0.3 is 0 Å². The second-order valence-electron chi connectivity index (χ2n) is 5.56. The SMILES string of the molecule is Cc1nccc(-n2cnc3c([AsH]C4CC4)nc(C(F)(F)F)nc32)n1. The standard InChI is InChI=1S/C14H12AsF3N6/c1-7-19-5-4-9(21-7)24-6-20-10-11(15-8-2-3-8)22-13(14(16,17)18)23-12(10)24/h4-6,8,15H,2-3H2,1H3. The Morgan fingerprint density at radius 3 is 2.62 bits per heavy atom. The number of hydrogen-bond acceptors (Lipinski definition) is 5. The molecule has 10 heteroatoms. The first kappa shape index (κ1) is 15.5. The fourth-order valence-corrected chi connectivity index (χ4v) is 5.08. The van der Waals surface area contributed by atoms with Crippen LogP contribution in [0.25, 0.3) is 17.0 Å². The summed E-state index contributed by atoms with van der Waals surface area (Å²) in [5.41, 5.74) is 0.598. The molecule has 1 fully saturated rings. The van der Waals surface area contributed by atoms with Crippen molar-refractivity contribution in [2.24, 2.45) is 0 Å². The third-order valence-corrected chi connectivity index (χ3v) is 6.95.